The number of rotatable bonds is 80. The van der Waals surface area contributed by atoms with E-state index < -0.39 is 26.5 Å². The van der Waals surface area contributed by atoms with Gasteiger partial charge in [0.05, 0.1) is 27.7 Å². The monoisotopic (exact) mass is 1340 g/mol. The normalized spacial score (nSPS) is 13.0. The van der Waals surface area contributed by atoms with Crippen LogP contribution < -0.4 is 0 Å². The van der Waals surface area contributed by atoms with E-state index in [1.807, 2.05) is 21.1 Å². The second-order valence-corrected chi connectivity index (χ2v) is 31.7. The van der Waals surface area contributed by atoms with E-state index in [0.717, 1.165) is 38.5 Å². The van der Waals surface area contributed by atoms with Gasteiger partial charge in [-0.05, 0) is 38.5 Å². The predicted octanol–water partition coefficient (Wildman–Crippen LogP) is 27.8. The molecule has 0 heterocycles. The van der Waals surface area contributed by atoms with E-state index in [2.05, 4.69) is 26.0 Å². The second-order valence-electron chi connectivity index (χ2n) is 30.2. The average molecular weight is 1340 g/mol. The highest BCUT2D eigenvalue weighted by molar-refractivity contribution is 7.47. The lowest BCUT2D eigenvalue weighted by Crippen LogP contribution is -2.37. The SMILES string of the molecule is CCCCCCCCCC/C=C\CCCCCCCCCCCCCCCCCCCCCCCCCCCCCCCC(=O)OC(COC(=O)CCCCCCCCCCCCCCCCCCCCCCCCCCCCCC)COP(=O)(O)OCC[N+](C)(C)C. The van der Waals surface area contributed by atoms with Crippen LogP contribution in [0.2, 0.25) is 0 Å². The predicted molar refractivity (Wildman–Crippen MR) is 405 cm³/mol. The number of esters is 2. The molecular weight excluding hydrogens is 1170 g/mol. The Bertz CT molecular complexity index is 1570. The molecule has 0 aromatic heterocycles. The van der Waals surface area contributed by atoms with Crippen molar-refractivity contribution in [1.29, 1.82) is 0 Å². The summed E-state index contributed by atoms with van der Waals surface area (Å²) in [5.74, 6) is -0.765. The Labute approximate surface area is 581 Å². The number of hydrogen-bond donors (Lipinski definition) is 1. The minimum Gasteiger partial charge on any atom is -0.462 e. The van der Waals surface area contributed by atoms with Gasteiger partial charge in [-0.3, -0.25) is 18.6 Å². The van der Waals surface area contributed by atoms with Gasteiger partial charge in [-0.15, -0.1) is 0 Å². The van der Waals surface area contributed by atoms with Crippen molar-refractivity contribution in [2.24, 2.45) is 0 Å². The first-order valence-corrected chi connectivity index (χ1v) is 43.4. The number of ether oxygens (including phenoxy) is 2. The van der Waals surface area contributed by atoms with Gasteiger partial charge in [-0.2, -0.15) is 0 Å². The maximum atomic E-state index is 12.9. The molecule has 93 heavy (non-hydrogen) atoms. The highest BCUT2D eigenvalue weighted by Gasteiger charge is 2.27. The van der Waals surface area contributed by atoms with Crippen molar-refractivity contribution in [1.82, 2.24) is 0 Å². The lowest BCUT2D eigenvalue weighted by atomic mass is 10.0. The molecule has 0 rings (SSSR count). The van der Waals surface area contributed by atoms with E-state index in [9.17, 15) is 19.0 Å². The standard InChI is InChI=1S/C83H164NO8P/c1-6-8-10-12-14-16-18-20-22-24-26-28-30-32-34-36-37-38-39-40-41-42-43-44-45-46-47-48-50-52-54-56-58-60-62-64-66-68-70-72-74-76-83(86)92-81(80-91-93(87,88)90-78-77-84(3,4)5)79-89-82(85)75-73-71-69-67-65-63-61-59-57-55-53-51-49-35-33-31-29-27-25-23-21-19-17-15-13-11-9-7-2/h24,26,81H,6-23,25,27-80H2,1-5H3/p+1/b26-24-. The summed E-state index contributed by atoms with van der Waals surface area (Å²) < 4.78 is 34.9. The maximum Gasteiger partial charge on any atom is 0.472 e. The molecule has 0 aromatic carbocycles. The molecule has 2 unspecified atom stereocenters. The van der Waals surface area contributed by atoms with Gasteiger partial charge in [0.1, 0.15) is 19.8 Å². The van der Waals surface area contributed by atoms with Gasteiger partial charge >= 0.3 is 19.8 Å². The van der Waals surface area contributed by atoms with Crippen LogP contribution in [-0.4, -0.2) is 74.9 Å². The Morgan fingerprint density at radius 1 is 0.323 bits per heavy atom. The Morgan fingerprint density at radius 3 is 0.796 bits per heavy atom. The van der Waals surface area contributed by atoms with E-state index in [-0.39, 0.29) is 25.6 Å². The van der Waals surface area contributed by atoms with Crippen LogP contribution in [0.15, 0.2) is 12.2 Å². The van der Waals surface area contributed by atoms with Crippen molar-refractivity contribution in [3.05, 3.63) is 12.2 Å². The molecule has 0 saturated heterocycles. The number of likely N-dealkylation sites (N-methyl/N-ethyl adjacent to an activating group) is 1. The number of unbranched alkanes of at least 4 members (excludes halogenated alkanes) is 64. The molecule has 0 bridgehead atoms. The molecule has 10 heteroatoms. The fourth-order valence-electron chi connectivity index (χ4n) is 13.1. The van der Waals surface area contributed by atoms with E-state index in [1.54, 1.807) is 0 Å². The molecule has 0 aliphatic rings. The van der Waals surface area contributed by atoms with E-state index in [1.165, 1.54) is 392 Å². The van der Waals surface area contributed by atoms with Crippen LogP contribution in [0.1, 0.15) is 457 Å². The van der Waals surface area contributed by atoms with Crippen molar-refractivity contribution in [2.75, 3.05) is 47.5 Å². The van der Waals surface area contributed by atoms with Gasteiger partial charge in [0.2, 0.25) is 0 Å². The molecular formula is C83H165NO8P+. The third-order valence-electron chi connectivity index (χ3n) is 19.5. The summed E-state index contributed by atoms with van der Waals surface area (Å²) in [5.41, 5.74) is 0. The molecule has 0 aliphatic carbocycles. The van der Waals surface area contributed by atoms with E-state index >= 15 is 0 Å². The highest BCUT2D eigenvalue weighted by Crippen LogP contribution is 2.43. The number of phosphoric ester groups is 1. The molecule has 554 valence electrons. The molecule has 0 saturated carbocycles. The first-order chi connectivity index (χ1) is 45.5. The van der Waals surface area contributed by atoms with Gasteiger partial charge in [0.15, 0.2) is 6.10 Å². The molecule has 1 N–H and O–H groups in total. The summed E-state index contributed by atoms with van der Waals surface area (Å²) >= 11 is 0. The van der Waals surface area contributed by atoms with Crippen molar-refractivity contribution in [3.63, 3.8) is 0 Å². The van der Waals surface area contributed by atoms with Crippen LogP contribution in [0.25, 0.3) is 0 Å². The van der Waals surface area contributed by atoms with Gasteiger partial charge in [-0.25, -0.2) is 4.57 Å². The largest absolute Gasteiger partial charge is 0.472 e. The minimum absolute atomic E-state index is 0.0373. The van der Waals surface area contributed by atoms with Crippen LogP contribution in [0, 0.1) is 0 Å². The number of nitrogens with zero attached hydrogens (tertiary/aromatic N) is 1. The second kappa shape index (κ2) is 75.0. The Hall–Kier alpha value is -1.25. The fraction of sp³-hybridized carbons (Fsp3) is 0.952. The molecule has 0 fully saturated rings. The van der Waals surface area contributed by atoms with Crippen LogP contribution in [0.4, 0.5) is 0 Å². The molecule has 0 radical (unpaired) electrons. The molecule has 0 aromatic rings. The molecule has 2 atom stereocenters. The Balaban J connectivity index is 3.84. The summed E-state index contributed by atoms with van der Waals surface area (Å²) in [6.45, 7) is 4.54. The number of carbonyl (C=O) groups is 2. The fourth-order valence-corrected chi connectivity index (χ4v) is 13.9. The third-order valence-corrected chi connectivity index (χ3v) is 20.5. The van der Waals surface area contributed by atoms with E-state index in [0.29, 0.717) is 17.4 Å². The Kier molecular flexibility index (Phi) is 74.0. The molecule has 0 amide bonds. The van der Waals surface area contributed by atoms with Crippen molar-refractivity contribution >= 4 is 19.8 Å². The zero-order valence-electron chi connectivity index (χ0n) is 63.6. The number of carbonyl (C=O) groups excluding carboxylic acids is 2. The summed E-state index contributed by atoms with van der Waals surface area (Å²) in [4.78, 5) is 36.0. The van der Waals surface area contributed by atoms with Crippen molar-refractivity contribution in [3.8, 4) is 0 Å². The number of hydrogen-bond acceptors (Lipinski definition) is 7. The maximum absolute atomic E-state index is 12.9. The van der Waals surface area contributed by atoms with Crippen LogP contribution in [0.3, 0.4) is 0 Å². The van der Waals surface area contributed by atoms with Crippen LogP contribution in [-0.2, 0) is 32.7 Å². The zero-order valence-corrected chi connectivity index (χ0v) is 64.4. The number of allylic oxidation sites excluding steroid dienone is 2. The summed E-state index contributed by atoms with van der Waals surface area (Å²) in [6, 6.07) is 0. The van der Waals surface area contributed by atoms with Crippen molar-refractivity contribution < 1.29 is 42.1 Å². The zero-order chi connectivity index (χ0) is 67.6. The molecule has 0 aliphatic heterocycles. The van der Waals surface area contributed by atoms with Gasteiger partial charge in [0, 0.05) is 12.8 Å². The number of phosphoric acid groups is 1. The Morgan fingerprint density at radius 2 is 0.548 bits per heavy atom. The first kappa shape index (κ1) is 91.8. The van der Waals surface area contributed by atoms with Crippen molar-refractivity contribution in [2.45, 2.75) is 463 Å². The van der Waals surface area contributed by atoms with Crippen LogP contribution >= 0.6 is 7.82 Å². The van der Waals surface area contributed by atoms with E-state index in [4.69, 9.17) is 18.5 Å². The molecule has 0 spiro atoms. The first-order valence-electron chi connectivity index (χ1n) is 41.9. The highest BCUT2D eigenvalue weighted by atomic mass is 31.2. The summed E-state index contributed by atoms with van der Waals surface area (Å²) in [5, 5.41) is 0. The van der Waals surface area contributed by atoms with Gasteiger partial charge in [0.25, 0.3) is 0 Å². The third kappa shape index (κ3) is 79.6. The topological polar surface area (TPSA) is 108 Å². The minimum atomic E-state index is -4.39. The smallest absolute Gasteiger partial charge is 0.462 e. The van der Waals surface area contributed by atoms with Gasteiger partial charge in [-0.1, -0.05) is 418 Å². The quantitative estimate of drug-likeness (QED) is 0.0211. The lowest BCUT2D eigenvalue weighted by Gasteiger charge is -2.24. The lowest BCUT2D eigenvalue weighted by molar-refractivity contribution is -0.870. The molecule has 9 nitrogen and oxygen atoms in total. The van der Waals surface area contributed by atoms with Gasteiger partial charge < -0.3 is 18.9 Å². The average Bonchev–Trinajstić information content (AvgIpc) is 2.30. The van der Waals surface area contributed by atoms with Crippen LogP contribution in [0.5, 0.6) is 0 Å². The number of quaternary nitrogens is 1. The summed E-state index contributed by atoms with van der Waals surface area (Å²) in [6.07, 6.45) is 95.3. The summed E-state index contributed by atoms with van der Waals surface area (Å²) in [7, 11) is 1.51.